The number of nitrogens with two attached hydrogens (primary N) is 1. The standard InChI is InChI=1S/C8H10N2O2.H2/c1-12-7-4-2-6(3-5-7)10-8(9)11;/h2-5H,1H3,(H3,9,10,11);1H. The zero-order valence-corrected chi connectivity index (χ0v) is 6.70. The highest BCUT2D eigenvalue weighted by molar-refractivity contribution is 5.87. The SMILES string of the molecule is COc1ccc(NC(N)=O)cc1.[HH]. The number of ether oxygens (including phenoxy) is 1. The Labute approximate surface area is 71.8 Å². The van der Waals surface area contributed by atoms with Crippen molar-refractivity contribution in [3.63, 3.8) is 0 Å². The van der Waals surface area contributed by atoms with Crippen molar-refractivity contribution in [2.45, 2.75) is 0 Å². The van der Waals surface area contributed by atoms with Crippen molar-refractivity contribution in [2.24, 2.45) is 5.73 Å². The van der Waals surface area contributed by atoms with Crippen LogP contribution in [0.4, 0.5) is 10.5 Å². The van der Waals surface area contributed by atoms with Crippen LogP contribution in [0.25, 0.3) is 0 Å². The van der Waals surface area contributed by atoms with Crippen molar-refractivity contribution in [3.8, 4) is 5.75 Å². The van der Waals surface area contributed by atoms with Gasteiger partial charge in [0.2, 0.25) is 0 Å². The van der Waals surface area contributed by atoms with Crippen molar-refractivity contribution < 1.29 is 11.0 Å². The molecule has 0 fully saturated rings. The number of primary amides is 1. The Hall–Kier alpha value is -1.71. The van der Waals surface area contributed by atoms with Crippen molar-refractivity contribution in [1.29, 1.82) is 0 Å². The first-order valence-electron chi connectivity index (χ1n) is 3.43. The lowest BCUT2D eigenvalue weighted by Crippen LogP contribution is -2.19. The zero-order valence-electron chi connectivity index (χ0n) is 6.70. The van der Waals surface area contributed by atoms with Crippen molar-refractivity contribution in [3.05, 3.63) is 24.3 Å². The van der Waals surface area contributed by atoms with Crippen LogP contribution in [-0.2, 0) is 0 Å². The second-order valence-electron chi connectivity index (χ2n) is 2.22. The highest BCUT2D eigenvalue weighted by Crippen LogP contribution is 2.14. The van der Waals surface area contributed by atoms with Crippen LogP contribution >= 0.6 is 0 Å². The lowest BCUT2D eigenvalue weighted by atomic mass is 10.3. The molecule has 66 valence electrons. The molecule has 3 N–H and O–H groups in total. The molecule has 0 unspecified atom stereocenters. The van der Waals surface area contributed by atoms with Gasteiger partial charge in [0.25, 0.3) is 0 Å². The summed E-state index contributed by atoms with van der Waals surface area (Å²) in [6.07, 6.45) is 0. The third-order valence-electron chi connectivity index (χ3n) is 1.36. The van der Waals surface area contributed by atoms with Crippen LogP contribution in [-0.4, -0.2) is 13.1 Å². The maximum Gasteiger partial charge on any atom is 0.316 e. The first kappa shape index (κ1) is 8.39. The van der Waals surface area contributed by atoms with Gasteiger partial charge in [0.1, 0.15) is 5.75 Å². The second kappa shape index (κ2) is 3.61. The van der Waals surface area contributed by atoms with Crippen LogP contribution in [0.1, 0.15) is 1.43 Å². The highest BCUT2D eigenvalue weighted by atomic mass is 16.5. The molecule has 4 nitrogen and oxygen atoms in total. The van der Waals surface area contributed by atoms with E-state index >= 15 is 0 Å². The predicted molar refractivity (Wildman–Crippen MR) is 48.3 cm³/mol. The molecule has 0 aliphatic heterocycles. The van der Waals surface area contributed by atoms with Crippen LogP contribution in [0.5, 0.6) is 5.75 Å². The molecule has 0 saturated heterocycles. The Morgan fingerprint density at radius 3 is 2.50 bits per heavy atom. The van der Waals surface area contributed by atoms with Gasteiger partial charge in [0.05, 0.1) is 7.11 Å². The van der Waals surface area contributed by atoms with Crippen molar-refractivity contribution in [2.75, 3.05) is 12.4 Å². The van der Waals surface area contributed by atoms with Crippen LogP contribution in [0.15, 0.2) is 24.3 Å². The Balaban J connectivity index is 0.00000144. The number of hydrogen-bond donors (Lipinski definition) is 2. The minimum absolute atomic E-state index is 0. The van der Waals surface area contributed by atoms with E-state index in [1.54, 1.807) is 31.4 Å². The number of anilines is 1. The third-order valence-corrected chi connectivity index (χ3v) is 1.36. The number of rotatable bonds is 2. The number of hydrogen-bond acceptors (Lipinski definition) is 2. The van der Waals surface area contributed by atoms with Crippen molar-refractivity contribution >= 4 is 11.7 Å². The molecular formula is C8H12N2O2. The Morgan fingerprint density at radius 2 is 2.08 bits per heavy atom. The predicted octanol–water partition coefficient (Wildman–Crippen LogP) is 1.43. The quantitative estimate of drug-likeness (QED) is 0.701. The molecule has 0 atom stereocenters. The summed E-state index contributed by atoms with van der Waals surface area (Å²) < 4.78 is 4.93. The molecular weight excluding hydrogens is 156 g/mol. The molecule has 1 rings (SSSR count). The first-order chi connectivity index (χ1) is 5.72. The number of amides is 2. The summed E-state index contributed by atoms with van der Waals surface area (Å²) in [4.78, 5) is 10.4. The fourth-order valence-electron chi connectivity index (χ4n) is 0.817. The van der Waals surface area contributed by atoms with Gasteiger partial charge < -0.3 is 15.8 Å². The van der Waals surface area contributed by atoms with E-state index in [1.165, 1.54) is 0 Å². The van der Waals surface area contributed by atoms with E-state index in [-0.39, 0.29) is 1.43 Å². The molecule has 0 spiro atoms. The second-order valence-corrected chi connectivity index (χ2v) is 2.22. The van der Waals surface area contributed by atoms with E-state index in [2.05, 4.69) is 5.32 Å². The van der Waals surface area contributed by atoms with Gasteiger partial charge in [-0.1, -0.05) is 0 Å². The van der Waals surface area contributed by atoms with Gasteiger partial charge in [-0.2, -0.15) is 0 Å². The van der Waals surface area contributed by atoms with Crippen LogP contribution < -0.4 is 15.8 Å². The topological polar surface area (TPSA) is 64.3 Å². The van der Waals surface area contributed by atoms with E-state index in [0.29, 0.717) is 5.69 Å². The van der Waals surface area contributed by atoms with Gasteiger partial charge >= 0.3 is 6.03 Å². The summed E-state index contributed by atoms with van der Waals surface area (Å²) >= 11 is 0. The van der Waals surface area contributed by atoms with Crippen LogP contribution in [0, 0.1) is 0 Å². The molecule has 2 amide bonds. The summed E-state index contributed by atoms with van der Waals surface area (Å²) in [7, 11) is 1.58. The zero-order chi connectivity index (χ0) is 8.97. The van der Waals surface area contributed by atoms with Gasteiger partial charge in [-0.3, -0.25) is 0 Å². The summed E-state index contributed by atoms with van der Waals surface area (Å²) in [6, 6.07) is 6.34. The molecule has 12 heavy (non-hydrogen) atoms. The molecule has 4 heteroatoms. The minimum atomic E-state index is -0.569. The summed E-state index contributed by atoms with van der Waals surface area (Å²) in [5, 5.41) is 2.44. The van der Waals surface area contributed by atoms with Gasteiger partial charge in [0.15, 0.2) is 0 Å². The fourth-order valence-corrected chi connectivity index (χ4v) is 0.817. The Morgan fingerprint density at radius 1 is 1.50 bits per heavy atom. The average molecular weight is 168 g/mol. The Kier molecular flexibility index (Phi) is 2.53. The van der Waals surface area contributed by atoms with Crippen molar-refractivity contribution in [1.82, 2.24) is 0 Å². The fraction of sp³-hybridized carbons (Fsp3) is 0.125. The highest BCUT2D eigenvalue weighted by Gasteiger charge is 1.95. The lowest BCUT2D eigenvalue weighted by molar-refractivity contribution is 0.259. The molecule has 0 aliphatic rings. The molecule has 0 aromatic heterocycles. The molecule has 0 aliphatic carbocycles. The summed E-state index contributed by atoms with van der Waals surface area (Å²) in [6.45, 7) is 0. The molecule has 0 radical (unpaired) electrons. The third kappa shape index (κ3) is 2.16. The van der Waals surface area contributed by atoms with E-state index in [1.807, 2.05) is 0 Å². The van der Waals surface area contributed by atoms with Gasteiger partial charge in [-0.05, 0) is 24.3 Å². The number of methoxy groups -OCH3 is 1. The molecule has 0 saturated carbocycles. The van der Waals surface area contributed by atoms with Crippen LogP contribution in [0.2, 0.25) is 0 Å². The van der Waals surface area contributed by atoms with Gasteiger partial charge in [-0.15, -0.1) is 0 Å². The lowest BCUT2D eigenvalue weighted by Gasteiger charge is -2.02. The average Bonchev–Trinajstić information content (AvgIpc) is 2.05. The largest absolute Gasteiger partial charge is 0.497 e. The number of carbonyl (C=O) groups excluding carboxylic acids is 1. The summed E-state index contributed by atoms with van der Waals surface area (Å²) in [5.74, 6) is 0.741. The number of carbonyl (C=O) groups is 1. The number of benzene rings is 1. The van der Waals surface area contributed by atoms with E-state index < -0.39 is 6.03 Å². The number of urea groups is 1. The minimum Gasteiger partial charge on any atom is -0.497 e. The maximum absolute atomic E-state index is 10.4. The first-order valence-corrected chi connectivity index (χ1v) is 3.43. The molecule has 1 aromatic rings. The smallest absolute Gasteiger partial charge is 0.316 e. The van der Waals surface area contributed by atoms with E-state index in [0.717, 1.165) is 5.75 Å². The number of nitrogens with one attached hydrogen (secondary N) is 1. The van der Waals surface area contributed by atoms with Gasteiger partial charge in [-0.25, -0.2) is 4.79 Å². The summed E-state index contributed by atoms with van der Waals surface area (Å²) in [5.41, 5.74) is 5.57. The van der Waals surface area contributed by atoms with Gasteiger partial charge in [0, 0.05) is 7.11 Å². The Bertz CT molecular complexity index is 274. The monoisotopic (exact) mass is 168 g/mol. The van der Waals surface area contributed by atoms with Crippen LogP contribution in [0.3, 0.4) is 0 Å². The molecule has 0 heterocycles. The van der Waals surface area contributed by atoms with E-state index in [9.17, 15) is 4.79 Å². The molecule has 1 aromatic carbocycles. The maximum atomic E-state index is 10.4. The normalized spacial score (nSPS) is 9.08. The van der Waals surface area contributed by atoms with E-state index in [4.69, 9.17) is 10.5 Å². The molecule has 0 bridgehead atoms.